The van der Waals surface area contributed by atoms with Crippen molar-refractivity contribution in [2.24, 2.45) is 0 Å². The molecule has 1 N–H and O–H groups in total. The van der Waals surface area contributed by atoms with Gasteiger partial charge in [-0.15, -0.1) is 0 Å². The van der Waals surface area contributed by atoms with Crippen LogP contribution in [0.2, 0.25) is 0 Å². The van der Waals surface area contributed by atoms with Gasteiger partial charge in [0.1, 0.15) is 0 Å². The number of hydrogen-bond acceptors (Lipinski definition) is 2. The van der Waals surface area contributed by atoms with E-state index in [1.54, 1.807) is 0 Å². The zero-order valence-electron chi connectivity index (χ0n) is 7.71. The Morgan fingerprint density at radius 1 is 1.18 bits per heavy atom. The molecule has 2 nitrogen and oxygen atoms in total. The van der Waals surface area contributed by atoms with Gasteiger partial charge in [-0.3, -0.25) is 0 Å². The number of aliphatic hydroxyl groups excluding tert-OH is 1. The summed E-state index contributed by atoms with van der Waals surface area (Å²) in [5.41, 5.74) is 0. The van der Waals surface area contributed by atoms with E-state index in [0.717, 1.165) is 26.1 Å². The molecule has 0 aromatic carbocycles. The number of rotatable bonds is 6. The van der Waals surface area contributed by atoms with Crippen molar-refractivity contribution < 1.29 is 37.8 Å². The molecule has 0 amide bonds. The maximum atomic E-state index is 8.55. The van der Waals surface area contributed by atoms with Crippen LogP contribution in [0, 0.1) is 0 Å². The van der Waals surface area contributed by atoms with Crippen LogP contribution in [-0.2, 0) is 32.7 Å². The third-order valence-electron chi connectivity index (χ3n) is 1.62. The molecular weight excluding hydrogens is 215 g/mol. The fraction of sp³-hybridized carbons (Fsp3) is 1.00. The van der Waals surface area contributed by atoms with Crippen LogP contribution >= 0.6 is 0 Å². The molecule has 0 heterocycles. The van der Waals surface area contributed by atoms with E-state index in [-0.39, 0.29) is 32.7 Å². The van der Waals surface area contributed by atoms with E-state index in [0.29, 0.717) is 6.61 Å². The van der Waals surface area contributed by atoms with Crippen molar-refractivity contribution >= 4 is 0 Å². The standard InChI is InChI=1S/C8H19NO.Y/c1-3-6-9(4-2)7-5-8-10;/h10H,3-8H2,1-2H3;. The first-order valence-electron chi connectivity index (χ1n) is 4.18. The van der Waals surface area contributed by atoms with Gasteiger partial charge in [-0.2, -0.15) is 0 Å². The zero-order valence-corrected chi connectivity index (χ0v) is 10.6. The van der Waals surface area contributed by atoms with Crippen LogP contribution in [0.25, 0.3) is 0 Å². The van der Waals surface area contributed by atoms with Gasteiger partial charge in [-0.25, -0.2) is 0 Å². The summed E-state index contributed by atoms with van der Waals surface area (Å²) in [6.45, 7) is 7.97. The molecule has 0 rings (SSSR count). The molecule has 0 aromatic heterocycles. The first kappa shape index (κ1) is 14.5. The Hall–Kier alpha value is 1.02. The Balaban J connectivity index is 0. The molecule has 0 saturated carbocycles. The quantitative estimate of drug-likeness (QED) is 0.743. The number of nitrogens with zero attached hydrogens (tertiary/aromatic N) is 1. The maximum Gasteiger partial charge on any atom is 0.0443 e. The third kappa shape index (κ3) is 8.93. The zero-order chi connectivity index (χ0) is 7.82. The minimum Gasteiger partial charge on any atom is -0.396 e. The topological polar surface area (TPSA) is 23.5 Å². The molecule has 0 unspecified atom stereocenters. The van der Waals surface area contributed by atoms with E-state index in [4.69, 9.17) is 5.11 Å². The third-order valence-corrected chi connectivity index (χ3v) is 1.62. The molecule has 0 aromatic rings. The van der Waals surface area contributed by atoms with Crippen LogP contribution in [-0.4, -0.2) is 36.2 Å². The molecule has 0 atom stereocenters. The predicted molar refractivity (Wildman–Crippen MR) is 44.1 cm³/mol. The number of hydrogen-bond donors (Lipinski definition) is 1. The van der Waals surface area contributed by atoms with Gasteiger partial charge < -0.3 is 10.0 Å². The number of aliphatic hydroxyl groups is 1. The van der Waals surface area contributed by atoms with Crippen molar-refractivity contribution in [3.05, 3.63) is 0 Å². The van der Waals surface area contributed by atoms with Crippen molar-refractivity contribution in [2.45, 2.75) is 26.7 Å². The second kappa shape index (κ2) is 11.0. The molecule has 0 aliphatic rings. The minimum absolute atomic E-state index is 0. The summed E-state index contributed by atoms with van der Waals surface area (Å²) >= 11 is 0. The van der Waals surface area contributed by atoms with Gasteiger partial charge in [-0.05, 0) is 25.9 Å². The molecule has 0 aliphatic carbocycles. The van der Waals surface area contributed by atoms with Gasteiger partial charge in [0, 0.05) is 45.9 Å². The molecule has 11 heavy (non-hydrogen) atoms. The summed E-state index contributed by atoms with van der Waals surface area (Å²) < 4.78 is 0. The normalized spacial score (nSPS) is 9.82. The fourth-order valence-electron chi connectivity index (χ4n) is 1.04. The largest absolute Gasteiger partial charge is 0.396 e. The van der Waals surface area contributed by atoms with Crippen molar-refractivity contribution in [1.29, 1.82) is 0 Å². The summed E-state index contributed by atoms with van der Waals surface area (Å²) in [6, 6.07) is 0. The summed E-state index contributed by atoms with van der Waals surface area (Å²) in [5.74, 6) is 0. The van der Waals surface area contributed by atoms with Crippen LogP contribution in [0.5, 0.6) is 0 Å². The second-order valence-corrected chi connectivity index (χ2v) is 2.51. The van der Waals surface area contributed by atoms with Crippen molar-refractivity contribution in [3.63, 3.8) is 0 Å². The van der Waals surface area contributed by atoms with E-state index < -0.39 is 0 Å². The monoisotopic (exact) mass is 234 g/mol. The Bertz CT molecular complexity index is 71.1. The van der Waals surface area contributed by atoms with Gasteiger partial charge in [0.15, 0.2) is 0 Å². The molecule has 0 spiro atoms. The average molecular weight is 234 g/mol. The van der Waals surface area contributed by atoms with Crippen molar-refractivity contribution in [1.82, 2.24) is 4.90 Å². The Kier molecular flexibility index (Phi) is 14.6. The molecule has 65 valence electrons. The minimum atomic E-state index is 0. The SMILES string of the molecule is CCCN(CC)CCCO.[Y]. The van der Waals surface area contributed by atoms with E-state index >= 15 is 0 Å². The van der Waals surface area contributed by atoms with Crippen molar-refractivity contribution in [3.8, 4) is 0 Å². The van der Waals surface area contributed by atoms with Crippen LogP contribution in [0.4, 0.5) is 0 Å². The molecule has 1 radical (unpaired) electrons. The molecule has 0 saturated heterocycles. The van der Waals surface area contributed by atoms with Gasteiger partial charge in [-0.1, -0.05) is 13.8 Å². The summed E-state index contributed by atoms with van der Waals surface area (Å²) in [5, 5.41) is 8.55. The molecule has 0 fully saturated rings. The van der Waals surface area contributed by atoms with E-state index in [2.05, 4.69) is 18.7 Å². The first-order valence-corrected chi connectivity index (χ1v) is 4.18. The fourth-order valence-corrected chi connectivity index (χ4v) is 1.04. The Labute approximate surface area is 95.2 Å². The van der Waals surface area contributed by atoms with Gasteiger partial charge in [0.25, 0.3) is 0 Å². The van der Waals surface area contributed by atoms with E-state index in [1.165, 1.54) is 6.42 Å². The molecule has 0 aliphatic heterocycles. The molecular formula is C8H19NOY. The Morgan fingerprint density at radius 3 is 2.18 bits per heavy atom. The second-order valence-electron chi connectivity index (χ2n) is 2.51. The van der Waals surface area contributed by atoms with Gasteiger partial charge >= 0.3 is 0 Å². The average Bonchev–Trinajstić information content (AvgIpc) is 1.98. The summed E-state index contributed by atoms with van der Waals surface area (Å²) in [7, 11) is 0. The van der Waals surface area contributed by atoms with Crippen LogP contribution in [0.15, 0.2) is 0 Å². The van der Waals surface area contributed by atoms with Crippen LogP contribution in [0.3, 0.4) is 0 Å². The van der Waals surface area contributed by atoms with Crippen molar-refractivity contribution in [2.75, 3.05) is 26.2 Å². The first-order chi connectivity index (χ1) is 4.85. The van der Waals surface area contributed by atoms with E-state index in [1.807, 2.05) is 0 Å². The van der Waals surface area contributed by atoms with Crippen LogP contribution in [0.1, 0.15) is 26.7 Å². The van der Waals surface area contributed by atoms with Gasteiger partial charge in [0.2, 0.25) is 0 Å². The Morgan fingerprint density at radius 2 is 1.82 bits per heavy atom. The van der Waals surface area contributed by atoms with Gasteiger partial charge in [0.05, 0.1) is 0 Å². The predicted octanol–water partition coefficient (Wildman–Crippen LogP) is 1.10. The van der Waals surface area contributed by atoms with E-state index in [9.17, 15) is 0 Å². The summed E-state index contributed by atoms with van der Waals surface area (Å²) in [4.78, 5) is 2.36. The summed E-state index contributed by atoms with van der Waals surface area (Å²) in [6.07, 6.45) is 2.12. The maximum absolute atomic E-state index is 8.55. The molecule has 0 bridgehead atoms. The smallest absolute Gasteiger partial charge is 0.0443 e. The van der Waals surface area contributed by atoms with Crippen LogP contribution < -0.4 is 0 Å². The molecule has 3 heteroatoms.